The van der Waals surface area contributed by atoms with Gasteiger partial charge in [-0.3, -0.25) is 0 Å². The third kappa shape index (κ3) is 4.05. The zero-order valence-electron chi connectivity index (χ0n) is 12.1. The molecule has 2 rings (SSSR count). The Bertz CT molecular complexity index is 617. The Morgan fingerprint density at radius 2 is 2.00 bits per heavy atom. The van der Waals surface area contributed by atoms with Gasteiger partial charge in [0.2, 0.25) is 0 Å². The molecule has 0 radical (unpaired) electrons. The number of hydrogen-bond acceptors (Lipinski definition) is 2. The second kappa shape index (κ2) is 7.05. The molecule has 2 atom stereocenters. The third-order valence-corrected chi connectivity index (χ3v) is 3.92. The van der Waals surface area contributed by atoms with Crippen LogP contribution < -0.4 is 10.5 Å². The van der Waals surface area contributed by atoms with Crippen molar-refractivity contribution >= 4 is 15.9 Å². The minimum Gasteiger partial charge on any atom is -0.484 e. The van der Waals surface area contributed by atoms with Crippen LogP contribution in [0, 0.1) is 12.7 Å². The van der Waals surface area contributed by atoms with Crippen LogP contribution in [0.4, 0.5) is 4.39 Å². The molecule has 0 saturated carbocycles. The highest BCUT2D eigenvalue weighted by molar-refractivity contribution is 9.10. The number of rotatable bonds is 5. The predicted molar refractivity (Wildman–Crippen MR) is 86.9 cm³/mol. The van der Waals surface area contributed by atoms with Gasteiger partial charge in [0.15, 0.2) is 0 Å². The van der Waals surface area contributed by atoms with Gasteiger partial charge in [0.1, 0.15) is 17.7 Å². The van der Waals surface area contributed by atoms with Gasteiger partial charge in [-0.2, -0.15) is 0 Å². The number of aryl methyl sites for hydroxylation is 1. The van der Waals surface area contributed by atoms with Gasteiger partial charge in [-0.25, -0.2) is 4.39 Å². The highest BCUT2D eigenvalue weighted by atomic mass is 79.9. The number of benzene rings is 2. The van der Waals surface area contributed by atoms with E-state index < -0.39 is 0 Å². The molecule has 0 heterocycles. The minimum atomic E-state index is -0.370. The van der Waals surface area contributed by atoms with Crippen LogP contribution in [0.15, 0.2) is 46.9 Å². The predicted octanol–water partition coefficient (Wildman–Crippen LogP) is 4.75. The third-order valence-electron chi connectivity index (χ3n) is 3.43. The lowest BCUT2D eigenvalue weighted by Gasteiger charge is -2.25. The first-order valence-electron chi connectivity index (χ1n) is 6.95. The molecule has 0 aliphatic carbocycles. The van der Waals surface area contributed by atoms with Crippen LogP contribution in [0.25, 0.3) is 0 Å². The fourth-order valence-electron chi connectivity index (χ4n) is 2.18. The Hall–Kier alpha value is -1.39. The lowest BCUT2D eigenvalue weighted by molar-refractivity contribution is 0.169. The van der Waals surface area contributed by atoms with Crippen LogP contribution in [0.2, 0.25) is 0 Å². The van der Waals surface area contributed by atoms with Gasteiger partial charge in [0.25, 0.3) is 0 Å². The van der Waals surface area contributed by atoms with Gasteiger partial charge in [-0.05, 0) is 54.8 Å². The summed E-state index contributed by atoms with van der Waals surface area (Å²) in [6, 6.07) is 12.0. The van der Waals surface area contributed by atoms with Crippen molar-refractivity contribution in [1.29, 1.82) is 0 Å². The van der Waals surface area contributed by atoms with E-state index in [9.17, 15) is 4.39 Å². The first-order valence-corrected chi connectivity index (χ1v) is 7.74. The maximum Gasteiger partial charge on any atom is 0.139 e. The summed E-state index contributed by atoms with van der Waals surface area (Å²) in [5, 5.41) is 0. The second-order valence-corrected chi connectivity index (χ2v) is 5.99. The fraction of sp³-hybridized carbons (Fsp3) is 0.294. The summed E-state index contributed by atoms with van der Waals surface area (Å²) in [5.41, 5.74) is 7.94. The van der Waals surface area contributed by atoms with Gasteiger partial charge >= 0.3 is 0 Å². The van der Waals surface area contributed by atoms with Crippen LogP contribution in [0.5, 0.6) is 5.75 Å². The monoisotopic (exact) mass is 351 g/mol. The summed E-state index contributed by atoms with van der Waals surface area (Å²) < 4.78 is 20.5. The summed E-state index contributed by atoms with van der Waals surface area (Å²) in [4.78, 5) is 0. The van der Waals surface area contributed by atoms with E-state index in [2.05, 4.69) is 15.9 Å². The molecule has 0 saturated heterocycles. The van der Waals surface area contributed by atoms with Gasteiger partial charge in [-0.15, -0.1) is 0 Å². The van der Waals surface area contributed by atoms with E-state index in [0.717, 1.165) is 27.8 Å². The summed E-state index contributed by atoms with van der Waals surface area (Å²) in [6.45, 7) is 3.97. The summed E-state index contributed by atoms with van der Waals surface area (Å²) in [7, 11) is 0. The molecule has 0 aliphatic rings. The fourth-order valence-corrected chi connectivity index (χ4v) is 2.66. The van der Waals surface area contributed by atoms with Gasteiger partial charge in [0, 0.05) is 10.5 Å². The molecule has 0 bridgehead atoms. The Morgan fingerprint density at radius 3 is 2.62 bits per heavy atom. The number of hydrogen-bond donors (Lipinski definition) is 1. The number of nitrogens with two attached hydrogens (primary N) is 1. The average Bonchev–Trinajstić information content (AvgIpc) is 2.45. The quantitative estimate of drug-likeness (QED) is 0.843. The first kappa shape index (κ1) is 16.0. The van der Waals surface area contributed by atoms with E-state index in [1.54, 1.807) is 6.07 Å². The largest absolute Gasteiger partial charge is 0.484 e. The molecule has 112 valence electrons. The smallest absolute Gasteiger partial charge is 0.139 e. The van der Waals surface area contributed by atoms with Crippen LogP contribution in [-0.2, 0) is 0 Å². The molecule has 0 amide bonds. The zero-order chi connectivity index (χ0) is 15.4. The van der Waals surface area contributed by atoms with Gasteiger partial charge in [0.05, 0.1) is 0 Å². The van der Waals surface area contributed by atoms with Crippen molar-refractivity contribution in [1.82, 2.24) is 0 Å². The van der Waals surface area contributed by atoms with E-state index in [4.69, 9.17) is 10.5 Å². The molecule has 2 nitrogen and oxygen atoms in total. The molecular formula is C17H19BrFNO. The molecule has 2 aromatic rings. The molecule has 21 heavy (non-hydrogen) atoms. The minimum absolute atomic E-state index is 0.199. The van der Waals surface area contributed by atoms with Crippen molar-refractivity contribution in [3.8, 4) is 5.75 Å². The highest BCUT2D eigenvalue weighted by Gasteiger charge is 2.21. The SMILES string of the molecule is CCC(N)C(Oc1ccc(Br)cc1C)c1cccc(F)c1. The molecule has 0 spiro atoms. The van der Waals surface area contributed by atoms with Crippen molar-refractivity contribution in [3.05, 3.63) is 63.9 Å². The highest BCUT2D eigenvalue weighted by Crippen LogP contribution is 2.29. The van der Waals surface area contributed by atoms with E-state index in [1.807, 2.05) is 38.1 Å². The molecule has 4 heteroatoms. The van der Waals surface area contributed by atoms with Crippen LogP contribution in [0.1, 0.15) is 30.6 Å². The van der Waals surface area contributed by atoms with Crippen LogP contribution in [0.3, 0.4) is 0 Å². The molecule has 0 aliphatic heterocycles. The molecule has 0 fully saturated rings. The standard InChI is InChI=1S/C17H19BrFNO/c1-3-15(20)17(12-5-4-6-14(19)10-12)21-16-8-7-13(18)9-11(16)2/h4-10,15,17H,3,20H2,1-2H3. The van der Waals surface area contributed by atoms with Crippen molar-refractivity contribution in [2.45, 2.75) is 32.4 Å². The first-order chi connectivity index (χ1) is 10.0. The topological polar surface area (TPSA) is 35.2 Å². The molecular weight excluding hydrogens is 333 g/mol. The van der Waals surface area contributed by atoms with Gasteiger partial charge in [-0.1, -0.05) is 35.0 Å². The van der Waals surface area contributed by atoms with Crippen molar-refractivity contribution in [2.75, 3.05) is 0 Å². The summed E-state index contributed by atoms with van der Waals surface area (Å²) in [5.74, 6) is 0.480. The number of halogens is 2. The Labute approximate surface area is 133 Å². The lowest BCUT2D eigenvalue weighted by Crippen LogP contribution is -2.31. The molecule has 0 aromatic heterocycles. The summed E-state index contributed by atoms with van der Waals surface area (Å²) >= 11 is 3.43. The Kier molecular flexibility index (Phi) is 5.37. The molecule has 2 N–H and O–H groups in total. The molecule has 2 aromatic carbocycles. The van der Waals surface area contributed by atoms with Gasteiger partial charge < -0.3 is 10.5 Å². The Balaban J connectivity index is 2.33. The average molecular weight is 352 g/mol. The van der Waals surface area contributed by atoms with E-state index in [-0.39, 0.29) is 18.0 Å². The van der Waals surface area contributed by atoms with Crippen LogP contribution >= 0.6 is 15.9 Å². The normalized spacial score (nSPS) is 13.8. The van der Waals surface area contributed by atoms with Crippen molar-refractivity contribution < 1.29 is 9.13 Å². The van der Waals surface area contributed by atoms with E-state index in [0.29, 0.717) is 0 Å². The lowest BCUT2D eigenvalue weighted by atomic mass is 10.0. The number of ether oxygens (including phenoxy) is 1. The van der Waals surface area contributed by atoms with Crippen LogP contribution in [-0.4, -0.2) is 6.04 Å². The summed E-state index contributed by atoms with van der Waals surface area (Å²) in [6.07, 6.45) is 0.377. The van der Waals surface area contributed by atoms with E-state index in [1.165, 1.54) is 12.1 Å². The Morgan fingerprint density at radius 1 is 1.24 bits per heavy atom. The van der Waals surface area contributed by atoms with Crippen molar-refractivity contribution in [2.24, 2.45) is 5.73 Å². The second-order valence-electron chi connectivity index (χ2n) is 5.08. The van der Waals surface area contributed by atoms with Crippen molar-refractivity contribution in [3.63, 3.8) is 0 Å². The maximum absolute atomic E-state index is 13.5. The molecule has 2 unspecified atom stereocenters. The maximum atomic E-state index is 13.5. The van der Waals surface area contributed by atoms with E-state index >= 15 is 0 Å². The zero-order valence-corrected chi connectivity index (χ0v) is 13.7.